The molecule has 2 aliphatic heterocycles. The lowest BCUT2D eigenvalue weighted by Gasteiger charge is -2.35. The molecule has 0 bridgehead atoms. The van der Waals surface area contributed by atoms with Gasteiger partial charge in [-0.2, -0.15) is 5.10 Å². The molecule has 2 aliphatic rings. The molecule has 1 N–H and O–H groups in total. The number of carbonyl (C=O) groups excluding carboxylic acids is 1. The van der Waals surface area contributed by atoms with E-state index in [0.29, 0.717) is 24.2 Å². The highest BCUT2D eigenvalue weighted by atomic mass is 16.5. The van der Waals surface area contributed by atoms with Crippen LogP contribution in [0.15, 0.2) is 23.1 Å². The molecular weight excluding hydrogens is 434 g/mol. The Balaban J connectivity index is 1.41. The summed E-state index contributed by atoms with van der Waals surface area (Å²) < 4.78 is 12.6. The van der Waals surface area contributed by atoms with E-state index in [1.807, 2.05) is 28.6 Å². The molecule has 182 valence electrons. The first kappa shape index (κ1) is 23.0. The van der Waals surface area contributed by atoms with E-state index in [4.69, 9.17) is 9.47 Å². The summed E-state index contributed by atoms with van der Waals surface area (Å²) in [5, 5.41) is 5.92. The number of aromatic nitrogens is 3. The van der Waals surface area contributed by atoms with E-state index in [2.05, 4.69) is 15.0 Å². The SMILES string of the molecule is COCCCCN1CCN(C(=O)c2cc3c(cc2C)[nH]c(=O)c2cnn([C@@H]4CCOC4)c23)CC1. The van der Waals surface area contributed by atoms with E-state index in [-0.39, 0.29) is 17.5 Å². The smallest absolute Gasteiger partial charge is 0.259 e. The van der Waals surface area contributed by atoms with Gasteiger partial charge in [0.15, 0.2) is 0 Å². The van der Waals surface area contributed by atoms with Crippen molar-refractivity contribution in [3.8, 4) is 0 Å². The fraction of sp³-hybridized carbons (Fsp3) is 0.560. The van der Waals surface area contributed by atoms with Crippen molar-refractivity contribution in [2.24, 2.45) is 0 Å². The van der Waals surface area contributed by atoms with Gasteiger partial charge in [-0.25, -0.2) is 0 Å². The van der Waals surface area contributed by atoms with Crippen molar-refractivity contribution in [2.75, 3.05) is 59.7 Å². The van der Waals surface area contributed by atoms with Crippen LogP contribution >= 0.6 is 0 Å². The van der Waals surface area contributed by atoms with Crippen molar-refractivity contribution in [1.29, 1.82) is 0 Å². The number of amides is 1. The van der Waals surface area contributed by atoms with Gasteiger partial charge in [-0.05, 0) is 50.4 Å². The standard InChI is InChI=1S/C25H33N5O4/c1-17-13-22-20(23-21(24(31)27-22)15-26-30(23)18-5-12-34-16-18)14-19(17)25(32)29-9-7-28(8-10-29)6-3-4-11-33-2/h13-15,18H,3-12,16H2,1-2H3,(H,27,31)/t18-/m1/s1. The predicted molar refractivity (Wildman–Crippen MR) is 131 cm³/mol. The zero-order valence-electron chi connectivity index (χ0n) is 20.0. The molecule has 1 aromatic carbocycles. The second kappa shape index (κ2) is 9.85. The van der Waals surface area contributed by atoms with E-state index in [1.165, 1.54) is 0 Å². The van der Waals surface area contributed by atoms with Crippen molar-refractivity contribution in [1.82, 2.24) is 24.6 Å². The van der Waals surface area contributed by atoms with Gasteiger partial charge in [-0.1, -0.05) is 0 Å². The summed E-state index contributed by atoms with van der Waals surface area (Å²) in [7, 11) is 1.73. The summed E-state index contributed by atoms with van der Waals surface area (Å²) in [5.41, 5.74) is 2.90. The average Bonchev–Trinajstić information content (AvgIpc) is 3.52. The Labute approximate surface area is 198 Å². The molecular formula is C25H33N5O4. The monoisotopic (exact) mass is 467 g/mol. The van der Waals surface area contributed by atoms with E-state index in [1.54, 1.807) is 13.3 Å². The van der Waals surface area contributed by atoms with Gasteiger partial charge in [0.25, 0.3) is 11.5 Å². The number of rotatable bonds is 7. The van der Waals surface area contributed by atoms with Gasteiger partial charge in [0.2, 0.25) is 0 Å². The zero-order valence-corrected chi connectivity index (χ0v) is 20.0. The van der Waals surface area contributed by atoms with Crippen LogP contribution in [-0.4, -0.2) is 90.1 Å². The van der Waals surface area contributed by atoms with Crippen molar-refractivity contribution >= 4 is 27.7 Å². The molecule has 0 unspecified atom stereocenters. The molecule has 1 atom stereocenters. The molecule has 1 amide bonds. The summed E-state index contributed by atoms with van der Waals surface area (Å²) >= 11 is 0. The summed E-state index contributed by atoms with van der Waals surface area (Å²) in [5.74, 6) is 0.0491. The number of unbranched alkanes of at least 4 members (excludes halogenated alkanes) is 1. The number of piperazine rings is 1. The van der Waals surface area contributed by atoms with Crippen LogP contribution in [0.1, 0.15) is 41.2 Å². The van der Waals surface area contributed by atoms with E-state index < -0.39 is 0 Å². The number of H-pyrrole nitrogens is 1. The molecule has 9 nitrogen and oxygen atoms in total. The van der Waals surface area contributed by atoms with E-state index >= 15 is 0 Å². The Morgan fingerprint density at radius 2 is 2.03 bits per heavy atom. The number of benzene rings is 1. The molecule has 2 aromatic heterocycles. The highest BCUT2D eigenvalue weighted by Crippen LogP contribution is 2.29. The third-order valence-electron chi connectivity index (χ3n) is 7.12. The topological polar surface area (TPSA) is 92.7 Å². The van der Waals surface area contributed by atoms with Crippen LogP contribution in [0.3, 0.4) is 0 Å². The fourth-order valence-electron chi connectivity index (χ4n) is 5.14. The third-order valence-corrected chi connectivity index (χ3v) is 7.12. The number of aromatic amines is 1. The number of carbonyl (C=O) groups is 1. The highest BCUT2D eigenvalue weighted by molar-refractivity contribution is 6.07. The van der Waals surface area contributed by atoms with Crippen LogP contribution in [0.4, 0.5) is 0 Å². The lowest BCUT2D eigenvalue weighted by Crippen LogP contribution is -2.49. The van der Waals surface area contributed by atoms with Gasteiger partial charge in [-0.3, -0.25) is 19.2 Å². The third kappa shape index (κ3) is 4.35. The van der Waals surface area contributed by atoms with E-state index in [9.17, 15) is 9.59 Å². The molecule has 0 saturated carbocycles. The van der Waals surface area contributed by atoms with Gasteiger partial charge in [-0.15, -0.1) is 0 Å². The maximum Gasteiger partial charge on any atom is 0.259 e. The fourth-order valence-corrected chi connectivity index (χ4v) is 5.14. The lowest BCUT2D eigenvalue weighted by atomic mass is 10.0. The number of aryl methyl sites for hydroxylation is 1. The van der Waals surface area contributed by atoms with Crippen LogP contribution in [0, 0.1) is 6.92 Å². The number of pyridine rings is 1. The molecule has 34 heavy (non-hydrogen) atoms. The number of nitrogens with one attached hydrogen (secondary N) is 1. The number of nitrogens with zero attached hydrogens (tertiary/aromatic N) is 4. The summed E-state index contributed by atoms with van der Waals surface area (Å²) in [4.78, 5) is 33.6. The number of hydrogen-bond acceptors (Lipinski definition) is 6. The Morgan fingerprint density at radius 1 is 1.21 bits per heavy atom. The van der Waals surface area contributed by atoms with Gasteiger partial charge in [0, 0.05) is 57.5 Å². The van der Waals surface area contributed by atoms with Gasteiger partial charge < -0.3 is 19.4 Å². The molecule has 0 spiro atoms. The number of hydrogen-bond donors (Lipinski definition) is 1. The normalized spacial score (nSPS) is 19.5. The van der Waals surface area contributed by atoms with Crippen molar-refractivity contribution in [3.05, 3.63) is 39.8 Å². The minimum Gasteiger partial charge on any atom is -0.385 e. The second-order valence-electron chi connectivity index (χ2n) is 9.37. The highest BCUT2D eigenvalue weighted by Gasteiger charge is 2.26. The molecule has 9 heteroatoms. The molecule has 0 radical (unpaired) electrons. The molecule has 0 aliphatic carbocycles. The lowest BCUT2D eigenvalue weighted by molar-refractivity contribution is 0.0632. The average molecular weight is 468 g/mol. The number of fused-ring (bicyclic) bond motifs is 3. The van der Waals surface area contributed by atoms with Crippen LogP contribution in [0.2, 0.25) is 0 Å². The first-order valence-electron chi connectivity index (χ1n) is 12.2. The summed E-state index contributed by atoms with van der Waals surface area (Å²) in [6.45, 7) is 8.26. The quantitative estimate of drug-likeness (QED) is 0.536. The Bertz CT molecular complexity index is 1240. The van der Waals surface area contributed by atoms with Crippen LogP contribution in [-0.2, 0) is 9.47 Å². The largest absolute Gasteiger partial charge is 0.385 e. The minimum absolute atomic E-state index is 0.0491. The first-order valence-corrected chi connectivity index (χ1v) is 12.2. The second-order valence-corrected chi connectivity index (χ2v) is 9.37. The van der Waals surface area contributed by atoms with Crippen molar-refractivity contribution < 1.29 is 14.3 Å². The minimum atomic E-state index is -0.159. The summed E-state index contributed by atoms with van der Waals surface area (Å²) in [6.07, 6.45) is 4.66. The van der Waals surface area contributed by atoms with Crippen molar-refractivity contribution in [2.45, 2.75) is 32.2 Å². The van der Waals surface area contributed by atoms with Gasteiger partial charge >= 0.3 is 0 Å². The number of ether oxygens (including phenoxy) is 2. The van der Waals surface area contributed by atoms with Crippen molar-refractivity contribution in [3.63, 3.8) is 0 Å². The molecule has 2 saturated heterocycles. The molecule has 4 heterocycles. The number of methoxy groups -OCH3 is 1. The first-order chi connectivity index (χ1) is 16.6. The van der Waals surface area contributed by atoms with E-state index in [0.717, 1.165) is 80.6 Å². The maximum absolute atomic E-state index is 13.5. The van der Waals surface area contributed by atoms with Gasteiger partial charge in [0.05, 0.1) is 35.3 Å². The molecule has 2 fully saturated rings. The Hall–Kier alpha value is -2.75. The van der Waals surface area contributed by atoms with Crippen LogP contribution in [0.5, 0.6) is 0 Å². The Kier molecular flexibility index (Phi) is 6.67. The molecule has 5 rings (SSSR count). The molecule has 3 aromatic rings. The maximum atomic E-state index is 13.5. The van der Waals surface area contributed by atoms with Crippen LogP contribution in [0.25, 0.3) is 21.8 Å². The zero-order chi connectivity index (χ0) is 23.7. The van der Waals surface area contributed by atoms with Gasteiger partial charge in [0.1, 0.15) is 0 Å². The summed E-state index contributed by atoms with van der Waals surface area (Å²) in [6, 6.07) is 3.95. The Morgan fingerprint density at radius 3 is 2.76 bits per heavy atom. The predicted octanol–water partition coefficient (Wildman–Crippen LogP) is 2.33. The van der Waals surface area contributed by atoms with Crippen LogP contribution < -0.4 is 5.56 Å².